The van der Waals surface area contributed by atoms with Crippen molar-refractivity contribution in [1.82, 2.24) is 0 Å². The van der Waals surface area contributed by atoms with Gasteiger partial charge in [-0.05, 0) is 71.6 Å². The van der Waals surface area contributed by atoms with E-state index in [4.69, 9.17) is 0 Å². The Labute approximate surface area is 125 Å². The molecular weight excluding hydrogens is 260 g/mol. The maximum Gasteiger partial charge on any atom is 0.0387 e. The van der Waals surface area contributed by atoms with Gasteiger partial charge in [0.2, 0.25) is 0 Å². The Kier molecular flexibility index (Phi) is 5.39. The molecule has 0 heterocycles. The SMILES string of the molecule is CC1=C(C)C([SiH3])=C(C)C1.CC1=C(C)C([SiH3])C(C)=C1C. The molecule has 0 amide bonds. The first kappa shape index (κ1) is 16.4. The van der Waals surface area contributed by atoms with Crippen LogP contribution in [0.25, 0.3) is 0 Å². The van der Waals surface area contributed by atoms with Crippen molar-refractivity contribution in [2.24, 2.45) is 0 Å². The zero-order valence-corrected chi connectivity index (χ0v) is 18.3. The summed E-state index contributed by atoms with van der Waals surface area (Å²) in [6, 6.07) is 0. The summed E-state index contributed by atoms with van der Waals surface area (Å²) in [4.78, 5) is 0. The van der Waals surface area contributed by atoms with Crippen LogP contribution in [0.4, 0.5) is 0 Å². The Hall–Kier alpha value is -0.606. The first-order chi connectivity index (χ1) is 8.68. The molecular formula is C17H30Si2. The molecule has 2 aliphatic carbocycles. The van der Waals surface area contributed by atoms with E-state index < -0.39 is 0 Å². The fraction of sp³-hybridized carbons (Fsp3) is 0.529. The molecule has 0 aromatic rings. The Morgan fingerprint density at radius 2 is 1.16 bits per heavy atom. The third-order valence-corrected chi connectivity index (χ3v) is 8.75. The zero-order chi connectivity index (χ0) is 14.9. The number of rotatable bonds is 0. The van der Waals surface area contributed by atoms with Crippen molar-refractivity contribution < 1.29 is 0 Å². The second kappa shape index (κ2) is 6.23. The first-order valence-electron chi connectivity index (χ1n) is 7.36. The highest BCUT2D eigenvalue weighted by atomic mass is 28.1. The van der Waals surface area contributed by atoms with Crippen molar-refractivity contribution in [3.05, 3.63) is 44.2 Å². The maximum absolute atomic E-state index is 2.27. The van der Waals surface area contributed by atoms with E-state index in [9.17, 15) is 0 Å². The van der Waals surface area contributed by atoms with E-state index in [2.05, 4.69) is 48.5 Å². The van der Waals surface area contributed by atoms with Gasteiger partial charge in [-0.1, -0.05) is 33.1 Å². The molecule has 0 unspecified atom stereocenters. The average Bonchev–Trinajstić information content (AvgIpc) is 2.69. The van der Waals surface area contributed by atoms with Gasteiger partial charge in [0.15, 0.2) is 0 Å². The topological polar surface area (TPSA) is 0 Å². The standard InChI is InChI=1S/C9H16Si.C8H14Si/c1-5-6(2)8(4)9(10)7(5)3;1-5-4-6(2)8(9)7(5)3/h9H,1-4,10H3;4H2,1-3,9H3. The molecule has 0 saturated carbocycles. The van der Waals surface area contributed by atoms with Crippen LogP contribution in [0.15, 0.2) is 44.2 Å². The molecule has 106 valence electrons. The number of allylic oxidation sites excluding steroid dienone is 8. The minimum Gasteiger partial charge on any atom is -0.0708 e. The normalized spacial score (nSPS) is 21.0. The minimum atomic E-state index is 0.833. The molecule has 0 spiro atoms. The predicted octanol–water partition coefficient (Wildman–Crippen LogP) is 3.19. The Bertz CT molecular complexity index is 467. The first-order valence-corrected chi connectivity index (χ1v) is 9.52. The molecule has 0 fully saturated rings. The molecule has 0 bridgehead atoms. The summed E-state index contributed by atoms with van der Waals surface area (Å²) >= 11 is 0. The van der Waals surface area contributed by atoms with Gasteiger partial charge >= 0.3 is 0 Å². The third kappa shape index (κ3) is 3.29. The monoisotopic (exact) mass is 290 g/mol. The molecule has 0 nitrogen and oxygen atoms in total. The fourth-order valence-corrected chi connectivity index (χ4v) is 4.34. The molecule has 0 atom stereocenters. The summed E-state index contributed by atoms with van der Waals surface area (Å²) in [5.41, 5.74) is 11.9. The van der Waals surface area contributed by atoms with Crippen molar-refractivity contribution in [3.63, 3.8) is 0 Å². The molecule has 0 aromatic carbocycles. The molecule has 0 N–H and O–H groups in total. The molecule has 0 radical (unpaired) electrons. The van der Waals surface area contributed by atoms with Crippen LogP contribution in [-0.2, 0) is 0 Å². The van der Waals surface area contributed by atoms with E-state index in [0.717, 1.165) is 5.54 Å². The molecule has 19 heavy (non-hydrogen) atoms. The van der Waals surface area contributed by atoms with Gasteiger partial charge in [-0.3, -0.25) is 0 Å². The highest BCUT2D eigenvalue weighted by molar-refractivity contribution is 6.25. The van der Waals surface area contributed by atoms with Crippen LogP contribution in [0.2, 0.25) is 5.54 Å². The minimum absolute atomic E-state index is 0.833. The summed E-state index contributed by atoms with van der Waals surface area (Å²) in [6.07, 6.45) is 1.24. The van der Waals surface area contributed by atoms with E-state index in [1.807, 2.05) is 0 Å². The van der Waals surface area contributed by atoms with Crippen molar-refractivity contribution >= 4 is 20.5 Å². The molecule has 2 rings (SSSR count). The van der Waals surface area contributed by atoms with Gasteiger partial charge in [-0.2, -0.15) is 0 Å². The molecule has 0 aromatic heterocycles. The summed E-state index contributed by atoms with van der Waals surface area (Å²) in [7, 11) is 2.51. The Morgan fingerprint density at radius 3 is 1.26 bits per heavy atom. The summed E-state index contributed by atoms with van der Waals surface area (Å²) < 4.78 is 0. The van der Waals surface area contributed by atoms with Crippen LogP contribution in [0.3, 0.4) is 0 Å². The second-order valence-electron chi connectivity index (χ2n) is 6.33. The fourth-order valence-electron chi connectivity index (χ4n) is 2.87. The van der Waals surface area contributed by atoms with E-state index >= 15 is 0 Å². The van der Waals surface area contributed by atoms with Crippen LogP contribution in [0.5, 0.6) is 0 Å². The van der Waals surface area contributed by atoms with E-state index in [1.54, 1.807) is 33.1 Å². The second-order valence-corrected chi connectivity index (χ2v) is 8.48. The van der Waals surface area contributed by atoms with Gasteiger partial charge < -0.3 is 0 Å². The molecule has 0 aliphatic heterocycles. The Morgan fingerprint density at radius 1 is 0.737 bits per heavy atom. The van der Waals surface area contributed by atoms with Gasteiger partial charge in [0.25, 0.3) is 0 Å². The lowest BCUT2D eigenvalue weighted by Gasteiger charge is -2.05. The van der Waals surface area contributed by atoms with Crippen LogP contribution < -0.4 is 0 Å². The lowest BCUT2D eigenvalue weighted by Crippen LogP contribution is -1.90. The van der Waals surface area contributed by atoms with Crippen molar-refractivity contribution in [3.8, 4) is 0 Å². The number of hydrogen-bond donors (Lipinski definition) is 0. The lowest BCUT2D eigenvalue weighted by molar-refractivity contribution is 1.12. The van der Waals surface area contributed by atoms with Crippen molar-refractivity contribution in [1.29, 1.82) is 0 Å². The van der Waals surface area contributed by atoms with Gasteiger partial charge in [-0.15, -0.1) is 0 Å². The smallest absolute Gasteiger partial charge is 0.0387 e. The Balaban J connectivity index is 0.000000191. The molecule has 2 heteroatoms. The van der Waals surface area contributed by atoms with Gasteiger partial charge in [0.1, 0.15) is 0 Å². The summed E-state index contributed by atoms with van der Waals surface area (Å²) in [5, 5.41) is 1.65. The predicted molar refractivity (Wildman–Crippen MR) is 96.1 cm³/mol. The third-order valence-electron chi connectivity index (χ3n) is 5.42. The van der Waals surface area contributed by atoms with Gasteiger partial charge in [0.05, 0.1) is 0 Å². The van der Waals surface area contributed by atoms with Crippen LogP contribution >= 0.6 is 0 Å². The van der Waals surface area contributed by atoms with E-state index in [0.29, 0.717) is 0 Å². The van der Waals surface area contributed by atoms with Crippen LogP contribution in [0.1, 0.15) is 54.9 Å². The zero-order valence-electron chi connectivity index (χ0n) is 14.3. The average molecular weight is 291 g/mol. The maximum atomic E-state index is 2.27. The summed E-state index contributed by atoms with van der Waals surface area (Å²) in [5.74, 6) is 0. The molecule has 0 saturated heterocycles. The molecule has 2 aliphatic rings. The van der Waals surface area contributed by atoms with Crippen LogP contribution in [-0.4, -0.2) is 20.5 Å². The highest BCUT2D eigenvalue weighted by Gasteiger charge is 2.19. The van der Waals surface area contributed by atoms with E-state index in [-0.39, 0.29) is 0 Å². The summed E-state index contributed by atoms with van der Waals surface area (Å²) in [6.45, 7) is 15.8. The number of hydrogen-bond acceptors (Lipinski definition) is 0. The van der Waals surface area contributed by atoms with Gasteiger partial charge in [0, 0.05) is 20.5 Å². The van der Waals surface area contributed by atoms with E-state index in [1.165, 1.54) is 38.1 Å². The lowest BCUT2D eigenvalue weighted by atomic mass is 10.1. The van der Waals surface area contributed by atoms with Crippen LogP contribution in [0, 0.1) is 0 Å². The highest BCUT2D eigenvalue weighted by Crippen LogP contribution is 2.38. The quantitative estimate of drug-likeness (QED) is 0.601. The van der Waals surface area contributed by atoms with Crippen molar-refractivity contribution in [2.75, 3.05) is 0 Å². The van der Waals surface area contributed by atoms with Crippen molar-refractivity contribution in [2.45, 2.75) is 60.4 Å². The largest absolute Gasteiger partial charge is 0.0708 e. The van der Waals surface area contributed by atoms with Gasteiger partial charge in [-0.25, -0.2) is 0 Å².